The van der Waals surface area contributed by atoms with Gasteiger partial charge in [-0.2, -0.15) is 4.98 Å². The lowest BCUT2D eigenvalue weighted by molar-refractivity contribution is 0.464. The van der Waals surface area contributed by atoms with Gasteiger partial charge >= 0.3 is 0 Å². The molecule has 122 valence electrons. The lowest BCUT2D eigenvalue weighted by atomic mass is 10.1. The first-order valence-electron chi connectivity index (χ1n) is 7.41. The summed E-state index contributed by atoms with van der Waals surface area (Å²) in [4.78, 5) is 8.34. The average molecular weight is 385 g/mol. The fourth-order valence-electron chi connectivity index (χ4n) is 2.14. The zero-order valence-electron chi connectivity index (χ0n) is 13.4. The Morgan fingerprint density at radius 1 is 1.04 bits per heavy atom. The van der Waals surface area contributed by atoms with E-state index in [1.165, 1.54) is 11.9 Å². The number of aromatic nitrogens is 2. The number of hydrogen-bond acceptors (Lipinski definition) is 5. The Hall–Kier alpha value is -2.60. The first kappa shape index (κ1) is 16.3. The maximum atomic E-state index is 6.17. The van der Waals surface area contributed by atoms with Gasteiger partial charge in [-0.25, -0.2) is 4.98 Å². The van der Waals surface area contributed by atoms with Crippen molar-refractivity contribution < 1.29 is 4.74 Å². The summed E-state index contributed by atoms with van der Waals surface area (Å²) in [5, 5.41) is 3.18. The monoisotopic (exact) mass is 384 g/mol. The van der Waals surface area contributed by atoms with Gasteiger partial charge in [-0.05, 0) is 65.2 Å². The maximum absolute atomic E-state index is 6.17. The van der Waals surface area contributed by atoms with Crippen molar-refractivity contribution in [3.63, 3.8) is 0 Å². The summed E-state index contributed by atoms with van der Waals surface area (Å²) < 4.78 is 6.74. The van der Waals surface area contributed by atoms with Crippen molar-refractivity contribution in [1.82, 2.24) is 9.97 Å². The summed E-state index contributed by atoms with van der Waals surface area (Å²) in [7, 11) is 0. The number of benzene rings is 2. The number of anilines is 3. The first-order valence-corrected chi connectivity index (χ1v) is 8.21. The Kier molecular flexibility index (Phi) is 4.66. The van der Waals surface area contributed by atoms with Crippen LogP contribution in [-0.2, 0) is 0 Å². The number of rotatable bonds is 4. The summed E-state index contributed by atoms with van der Waals surface area (Å²) in [6, 6.07) is 13.6. The molecule has 3 N–H and O–H groups in total. The fraction of sp³-hybridized carbons (Fsp3) is 0.111. The number of nitrogen functional groups attached to an aromatic ring is 1. The van der Waals surface area contributed by atoms with Crippen LogP contribution in [0.4, 0.5) is 17.2 Å². The highest BCUT2D eigenvalue weighted by atomic mass is 79.9. The van der Waals surface area contributed by atoms with Gasteiger partial charge in [0.2, 0.25) is 5.88 Å². The van der Waals surface area contributed by atoms with E-state index < -0.39 is 0 Å². The molecule has 24 heavy (non-hydrogen) atoms. The van der Waals surface area contributed by atoms with Crippen LogP contribution in [0.25, 0.3) is 0 Å². The molecule has 0 unspecified atom stereocenters. The predicted molar refractivity (Wildman–Crippen MR) is 99.9 cm³/mol. The first-order chi connectivity index (χ1) is 11.5. The van der Waals surface area contributed by atoms with Gasteiger partial charge in [0, 0.05) is 4.47 Å². The van der Waals surface area contributed by atoms with Crippen molar-refractivity contribution in [3.8, 4) is 11.6 Å². The van der Waals surface area contributed by atoms with Crippen molar-refractivity contribution in [2.24, 2.45) is 0 Å². The minimum Gasteiger partial charge on any atom is -0.437 e. The molecule has 0 aliphatic rings. The minimum absolute atomic E-state index is 0.322. The molecule has 3 rings (SSSR count). The molecule has 0 aliphatic heterocycles. The molecule has 0 atom stereocenters. The molecule has 0 amide bonds. The number of nitrogens with zero attached hydrogens (tertiary/aromatic N) is 2. The molecule has 0 saturated carbocycles. The molecular weight excluding hydrogens is 368 g/mol. The second-order valence-corrected chi connectivity index (χ2v) is 6.25. The van der Waals surface area contributed by atoms with Crippen LogP contribution in [0.1, 0.15) is 11.1 Å². The van der Waals surface area contributed by atoms with E-state index in [0.717, 1.165) is 15.7 Å². The molecule has 0 saturated heterocycles. The van der Waals surface area contributed by atoms with Crippen molar-refractivity contribution in [2.45, 2.75) is 13.8 Å². The van der Waals surface area contributed by atoms with Gasteiger partial charge < -0.3 is 15.8 Å². The number of aryl methyl sites for hydroxylation is 2. The molecule has 3 aromatic rings. The number of nitrogens with two attached hydrogens (primary N) is 1. The Labute approximate surface area is 149 Å². The van der Waals surface area contributed by atoms with Gasteiger partial charge in [0.25, 0.3) is 0 Å². The number of para-hydroxylation sites is 1. The quantitative estimate of drug-likeness (QED) is 0.663. The van der Waals surface area contributed by atoms with Crippen molar-refractivity contribution in [3.05, 3.63) is 64.4 Å². The van der Waals surface area contributed by atoms with Crippen LogP contribution in [0.3, 0.4) is 0 Å². The molecule has 0 fully saturated rings. The molecule has 5 nitrogen and oxygen atoms in total. The zero-order chi connectivity index (χ0) is 17.1. The molecule has 2 aromatic carbocycles. The van der Waals surface area contributed by atoms with Crippen molar-refractivity contribution >= 4 is 33.1 Å². The second kappa shape index (κ2) is 6.88. The lowest BCUT2D eigenvalue weighted by Gasteiger charge is -2.13. The van der Waals surface area contributed by atoms with E-state index in [2.05, 4.69) is 38.1 Å². The van der Waals surface area contributed by atoms with Gasteiger partial charge in [-0.1, -0.05) is 18.2 Å². The molecule has 6 heteroatoms. The molecule has 0 bridgehead atoms. The van der Waals surface area contributed by atoms with E-state index in [4.69, 9.17) is 10.5 Å². The van der Waals surface area contributed by atoms with E-state index in [1.807, 2.05) is 49.4 Å². The second-order valence-electron chi connectivity index (χ2n) is 5.39. The van der Waals surface area contributed by atoms with Gasteiger partial charge in [0.05, 0.1) is 5.69 Å². The van der Waals surface area contributed by atoms with Crippen LogP contribution in [0.5, 0.6) is 11.6 Å². The average Bonchev–Trinajstić information content (AvgIpc) is 2.57. The van der Waals surface area contributed by atoms with Crippen LogP contribution >= 0.6 is 15.9 Å². The number of ether oxygens (including phenoxy) is 1. The molecule has 0 aliphatic carbocycles. The summed E-state index contributed by atoms with van der Waals surface area (Å²) in [6.07, 6.45) is 1.42. The van der Waals surface area contributed by atoms with Gasteiger partial charge in [-0.3, -0.25) is 0 Å². The molecular formula is C18H17BrN4O. The van der Waals surface area contributed by atoms with Crippen LogP contribution in [0, 0.1) is 13.8 Å². The molecule has 0 radical (unpaired) electrons. The van der Waals surface area contributed by atoms with Crippen molar-refractivity contribution in [2.75, 3.05) is 11.1 Å². The number of hydrogen-bond donors (Lipinski definition) is 2. The smallest absolute Gasteiger partial charge is 0.248 e. The van der Waals surface area contributed by atoms with Gasteiger partial charge in [0.15, 0.2) is 5.82 Å². The third-order valence-electron chi connectivity index (χ3n) is 3.67. The highest BCUT2D eigenvalue weighted by molar-refractivity contribution is 9.10. The maximum Gasteiger partial charge on any atom is 0.248 e. The summed E-state index contributed by atoms with van der Waals surface area (Å²) in [5.41, 5.74) is 9.73. The van der Waals surface area contributed by atoms with Gasteiger partial charge in [0.1, 0.15) is 17.8 Å². The van der Waals surface area contributed by atoms with Gasteiger partial charge in [-0.15, -0.1) is 0 Å². The molecule has 1 heterocycles. The van der Waals surface area contributed by atoms with Crippen molar-refractivity contribution in [1.29, 1.82) is 0 Å². The topological polar surface area (TPSA) is 73.1 Å². The van der Waals surface area contributed by atoms with E-state index >= 15 is 0 Å². The third kappa shape index (κ3) is 3.49. The molecule has 0 spiro atoms. The van der Waals surface area contributed by atoms with E-state index in [0.29, 0.717) is 23.1 Å². The Morgan fingerprint density at radius 2 is 1.83 bits per heavy atom. The van der Waals surface area contributed by atoms with Crippen LogP contribution in [0.2, 0.25) is 0 Å². The number of halogens is 1. The summed E-state index contributed by atoms with van der Waals surface area (Å²) in [6.45, 7) is 4.09. The minimum atomic E-state index is 0.322. The number of nitrogens with one attached hydrogen (secondary N) is 1. The highest BCUT2D eigenvalue weighted by Gasteiger charge is 2.12. The van der Waals surface area contributed by atoms with E-state index in [9.17, 15) is 0 Å². The van der Waals surface area contributed by atoms with Crippen LogP contribution in [0.15, 0.2) is 53.3 Å². The lowest BCUT2D eigenvalue weighted by Crippen LogP contribution is -2.03. The fourth-order valence-corrected chi connectivity index (χ4v) is 2.52. The summed E-state index contributed by atoms with van der Waals surface area (Å²) >= 11 is 3.49. The standard InChI is InChI=1S/C18H17BrN4O/c1-11-7-8-13(9-12(11)2)24-18-16(20)17(21-10-22-18)23-15-6-4-3-5-14(15)19/h3-10H,20H2,1-2H3,(H,21,22,23). The largest absolute Gasteiger partial charge is 0.437 e. The zero-order valence-corrected chi connectivity index (χ0v) is 15.0. The Balaban J connectivity index is 1.88. The predicted octanol–water partition coefficient (Wildman–Crippen LogP) is 4.97. The molecule has 1 aromatic heterocycles. The Morgan fingerprint density at radius 3 is 2.58 bits per heavy atom. The van der Waals surface area contributed by atoms with Crippen LogP contribution < -0.4 is 15.8 Å². The SMILES string of the molecule is Cc1ccc(Oc2ncnc(Nc3ccccc3Br)c2N)cc1C. The summed E-state index contributed by atoms with van der Waals surface area (Å²) in [5.74, 6) is 1.51. The van der Waals surface area contributed by atoms with E-state index in [-0.39, 0.29) is 0 Å². The third-order valence-corrected chi connectivity index (χ3v) is 4.36. The normalized spacial score (nSPS) is 10.5. The van der Waals surface area contributed by atoms with Crippen LogP contribution in [-0.4, -0.2) is 9.97 Å². The van der Waals surface area contributed by atoms with E-state index in [1.54, 1.807) is 0 Å². The Bertz CT molecular complexity index is 883. The highest BCUT2D eigenvalue weighted by Crippen LogP contribution is 2.33.